The first-order valence-electron chi connectivity index (χ1n) is 6.43. The molecule has 2 rings (SSSR count). The molecule has 0 radical (unpaired) electrons. The van der Waals surface area contributed by atoms with E-state index in [0.29, 0.717) is 6.54 Å². The Morgan fingerprint density at radius 2 is 2.05 bits per heavy atom. The minimum absolute atomic E-state index is 0.122. The lowest BCUT2D eigenvalue weighted by Gasteiger charge is -2.33. The molecular weight excluding hydrogens is 308 g/mol. The summed E-state index contributed by atoms with van der Waals surface area (Å²) in [4.78, 5) is 14.0. The first kappa shape index (κ1) is 14.3. The Bertz CT molecular complexity index is 454. The Kier molecular flexibility index (Phi) is 4.16. The number of likely N-dealkylation sites (tertiary alicyclic amines) is 1. The van der Waals surface area contributed by atoms with Crippen LogP contribution < -0.4 is 5.32 Å². The molecular formula is C14H19BrN2O2. The van der Waals surface area contributed by atoms with E-state index in [4.69, 9.17) is 0 Å². The topological polar surface area (TPSA) is 52.6 Å². The number of nitrogens with zero attached hydrogens (tertiary/aromatic N) is 1. The average Bonchev–Trinajstić information content (AvgIpc) is 2.81. The van der Waals surface area contributed by atoms with Crippen LogP contribution in [0.25, 0.3) is 0 Å². The van der Waals surface area contributed by atoms with Crippen LogP contribution in [0, 0.1) is 0 Å². The van der Waals surface area contributed by atoms with Crippen molar-refractivity contribution in [1.82, 2.24) is 4.90 Å². The van der Waals surface area contributed by atoms with Crippen LogP contribution in [0.5, 0.6) is 0 Å². The Labute approximate surface area is 121 Å². The molecule has 0 aromatic heterocycles. The van der Waals surface area contributed by atoms with Gasteiger partial charge in [-0.25, -0.2) is 4.79 Å². The van der Waals surface area contributed by atoms with Crippen LogP contribution in [0.4, 0.5) is 10.5 Å². The van der Waals surface area contributed by atoms with Crippen molar-refractivity contribution in [2.24, 2.45) is 0 Å². The molecule has 0 bridgehead atoms. The second kappa shape index (κ2) is 5.51. The molecule has 104 valence electrons. The number of hydrogen-bond acceptors (Lipinski definition) is 2. The van der Waals surface area contributed by atoms with Crippen molar-refractivity contribution < 1.29 is 9.90 Å². The number of aliphatic hydroxyl groups is 1. The van der Waals surface area contributed by atoms with Gasteiger partial charge in [-0.1, -0.05) is 15.9 Å². The zero-order valence-corrected chi connectivity index (χ0v) is 12.8. The number of carbonyl (C=O) groups is 1. The molecule has 1 aliphatic heterocycles. The summed E-state index contributed by atoms with van der Waals surface area (Å²) in [6.07, 6.45) is 1.78. The molecule has 2 N–H and O–H groups in total. The standard InChI is InChI=1S/C14H19BrN2O2/c1-14(2,19)12-4-3-9-17(12)13(18)16-11-7-5-10(15)6-8-11/h5-8,12,19H,3-4,9H2,1-2H3,(H,16,18). The van der Waals surface area contributed by atoms with E-state index in [2.05, 4.69) is 21.2 Å². The van der Waals surface area contributed by atoms with Crippen LogP contribution in [0.1, 0.15) is 26.7 Å². The van der Waals surface area contributed by atoms with Crippen molar-refractivity contribution in [2.75, 3.05) is 11.9 Å². The molecule has 5 heteroatoms. The van der Waals surface area contributed by atoms with Crippen molar-refractivity contribution in [1.29, 1.82) is 0 Å². The molecule has 1 aromatic carbocycles. The number of halogens is 1. The number of anilines is 1. The van der Waals surface area contributed by atoms with Gasteiger partial charge >= 0.3 is 6.03 Å². The lowest BCUT2D eigenvalue weighted by atomic mass is 9.97. The maximum Gasteiger partial charge on any atom is 0.322 e. The second-order valence-electron chi connectivity index (χ2n) is 5.44. The molecule has 1 fully saturated rings. The number of urea groups is 1. The fourth-order valence-electron chi connectivity index (χ4n) is 2.47. The van der Waals surface area contributed by atoms with E-state index in [0.717, 1.165) is 23.0 Å². The minimum Gasteiger partial charge on any atom is -0.388 e. The largest absolute Gasteiger partial charge is 0.388 e. The van der Waals surface area contributed by atoms with Gasteiger partial charge in [-0.3, -0.25) is 0 Å². The normalized spacial score (nSPS) is 19.6. The minimum atomic E-state index is -0.868. The highest BCUT2D eigenvalue weighted by atomic mass is 79.9. The summed E-state index contributed by atoms with van der Waals surface area (Å²) in [6, 6.07) is 7.18. The summed E-state index contributed by atoms with van der Waals surface area (Å²) in [6.45, 7) is 4.20. The van der Waals surface area contributed by atoms with E-state index in [1.54, 1.807) is 18.7 Å². The van der Waals surface area contributed by atoms with E-state index in [1.807, 2.05) is 24.3 Å². The van der Waals surface area contributed by atoms with Gasteiger partial charge in [0.1, 0.15) is 0 Å². The van der Waals surface area contributed by atoms with E-state index in [9.17, 15) is 9.90 Å². The number of amides is 2. The molecule has 1 atom stereocenters. The quantitative estimate of drug-likeness (QED) is 0.876. The summed E-state index contributed by atoms with van der Waals surface area (Å²) in [5.74, 6) is 0. The van der Waals surface area contributed by atoms with Gasteiger partial charge in [0.25, 0.3) is 0 Å². The van der Waals surface area contributed by atoms with Crippen LogP contribution >= 0.6 is 15.9 Å². The fraction of sp³-hybridized carbons (Fsp3) is 0.500. The van der Waals surface area contributed by atoms with Gasteiger partial charge < -0.3 is 15.3 Å². The molecule has 0 saturated carbocycles. The third-order valence-electron chi connectivity index (χ3n) is 3.42. The third-order valence-corrected chi connectivity index (χ3v) is 3.95. The van der Waals surface area contributed by atoms with E-state index < -0.39 is 5.60 Å². The van der Waals surface area contributed by atoms with Crippen molar-refractivity contribution in [3.8, 4) is 0 Å². The van der Waals surface area contributed by atoms with Gasteiger partial charge in [-0.05, 0) is 51.0 Å². The van der Waals surface area contributed by atoms with E-state index in [1.165, 1.54) is 0 Å². The predicted molar refractivity (Wildman–Crippen MR) is 79.2 cm³/mol. The average molecular weight is 327 g/mol. The van der Waals surface area contributed by atoms with Crippen molar-refractivity contribution in [3.05, 3.63) is 28.7 Å². The zero-order valence-electron chi connectivity index (χ0n) is 11.2. The molecule has 1 aliphatic rings. The first-order valence-corrected chi connectivity index (χ1v) is 7.23. The number of benzene rings is 1. The summed E-state index contributed by atoms with van der Waals surface area (Å²) in [5, 5.41) is 13.0. The lowest BCUT2D eigenvalue weighted by Crippen LogP contribution is -2.49. The summed E-state index contributed by atoms with van der Waals surface area (Å²) >= 11 is 3.36. The highest BCUT2D eigenvalue weighted by molar-refractivity contribution is 9.10. The molecule has 2 amide bonds. The number of rotatable bonds is 2. The van der Waals surface area contributed by atoms with Crippen molar-refractivity contribution in [3.63, 3.8) is 0 Å². The first-order chi connectivity index (χ1) is 8.88. The van der Waals surface area contributed by atoms with Crippen LogP contribution in [-0.4, -0.2) is 34.2 Å². The monoisotopic (exact) mass is 326 g/mol. The maximum absolute atomic E-state index is 12.2. The molecule has 1 unspecified atom stereocenters. The Balaban J connectivity index is 2.05. The number of nitrogens with one attached hydrogen (secondary N) is 1. The summed E-state index contributed by atoms with van der Waals surface area (Å²) < 4.78 is 0.973. The zero-order chi connectivity index (χ0) is 14.0. The van der Waals surface area contributed by atoms with E-state index in [-0.39, 0.29) is 12.1 Å². The van der Waals surface area contributed by atoms with Crippen LogP contribution in [-0.2, 0) is 0 Å². The van der Waals surface area contributed by atoms with Gasteiger partial charge in [0, 0.05) is 16.7 Å². The SMILES string of the molecule is CC(C)(O)C1CCCN1C(=O)Nc1ccc(Br)cc1. The van der Waals surface area contributed by atoms with Crippen molar-refractivity contribution >= 4 is 27.6 Å². The summed E-state index contributed by atoms with van der Waals surface area (Å²) in [5.41, 5.74) is -0.109. The Morgan fingerprint density at radius 3 is 2.63 bits per heavy atom. The van der Waals surface area contributed by atoms with Crippen LogP contribution in [0.2, 0.25) is 0 Å². The maximum atomic E-state index is 12.2. The lowest BCUT2D eigenvalue weighted by molar-refractivity contribution is 0.0117. The second-order valence-corrected chi connectivity index (χ2v) is 6.36. The van der Waals surface area contributed by atoms with E-state index >= 15 is 0 Å². The molecule has 1 heterocycles. The molecule has 4 nitrogen and oxygen atoms in total. The summed E-state index contributed by atoms with van der Waals surface area (Å²) in [7, 11) is 0. The van der Waals surface area contributed by atoms with Gasteiger partial charge in [0.05, 0.1) is 11.6 Å². The smallest absolute Gasteiger partial charge is 0.322 e. The van der Waals surface area contributed by atoms with Gasteiger partial charge in [-0.2, -0.15) is 0 Å². The molecule has 19 heavy (non-hydrogen) atoms. The van der Waals surface area contributed by atoms with Crippen molar-refractivity contribution in [2.45, 2.75) is 38.3 Å². The fourth-order valence-corrected chi connectivity index (χ4v) is 2.74. The van der Waals surface area contributed by atoms with Gasteiger partial charge in [0.15, 0.2) is 0 Å². The highest BCUT2D eigenvalue weighted by Gasteiger charge is 2.38. The van der Waals surface area contributed by atoms with Gasteiger partial charge in [0.2, 0.25) is 0 Å². The number of hydrogen-bond donors (Lipinski definition) is 2. The molecule has 0 spiro atoms. The predicted octanol–water partition coefficient (Wildman–Crippen LogP) is 3.22. The molecule has 1 saturated heterocycles. The molecule has 1 aromatic rings. The van der Waals surface area contributed by atoms with Gasteiger partial charge in [-0.15, -0.1) is 0 Å². The molecule has 0 aliphatic carbocycles. The Morgan fingerprint density at radius 1 is 1.42 bits per heavy atom. The van der Waals surface area contributed by atoms with Crippen LogP contribution in [0.15, 0.2) is 28.7 Å². The van der Waals surface area contributed by atoms with Crippen LogP contribution in [0.3, 0.4) is 0 Å². The number of carbonyl (C=O) groups excluding carboxylic acids is 1. The highest BCUT2D eigenvalue weighted by Crippen LogP contribution is 2.27. The third kappa shape index (κ3) is 3.48. The Hall–Kier alpha value is -1.07.